The molecule has 1 heterocycles. The van der Waals surface area contributed by atoms with Crippen molar-refractivity contribution in [3.8, 4) is 0 Å². The molecule has 1 aromatic carbocycles. The number of nitrogens with zero attached hydrogens (tertiary/aromatic N) is 1. The van der Waals surface area contributed by atoms with Crippen LogP contribution in [0.1, 0.15) is 17.9 Å². The van der Waals surface area contributed by atoms with Crippen molar-refractivity contribution < 1.29 is 33.6 Å². The summed E-state index contributed by atoms with van der Waals surface area (Å²) in [6.45, 7) is 1.14. The highest BCUT2D eigenvalue weighted by Crippen LogP contribution is 2.31. The van der Waals surface area contributed by atoms with Crippen molar-refractivity contribution in [2.75, 3.05) is 54.2 Å². The molecule has 2 atom stereocenters. The molecule has 0 bridgehead atoms. The summed E-state index contributed by atoms with van der Waals surface area (Å²) in [5.41, 5.74) is 1.08. The van der Waals surface area contributed by atoms with Crippen LogP contribution in [0.25, 0.3) is 0 Å². The molecule has 1 aromatic rings. The monoisotopic (exact) mass is 409 g/mol. The summed E-state index contributed by atoms with van der Waals surface area (Å²) in [4.78, 5) is 14.4. The van der Waals surface area contributed by atoms with E-state index in [1.54, 1.807) is 7.05 Å². The molecule has 0 fully saturated rings. The molecule has 0 saturated heterocycles. The summed E-state index contributed by atoms with van der Waals surface area (Å²) < 4.78 is 27.2. The summed E-state index contributed by atoms with van der Waals surface area (Å²) in [7, 11) is 4.72. The molecule has 1 N–H and O–H groups in total. The van der Waals surface area contributed by atoms with Gasteiger partial charge in [-0.1, -0.05) is 30.3 Å². The van der Waals surface area contributed by atoms with Crippen LogP contribution in [0.5, 0.6) is 0 Å². The molecule has 8 heteroatoms. The van der Waals surface area contributed by atoms with Crippen LogP contribution in [0.3, 0.4) is 0 Å². The van der Waals surface area contributed by atoms with E-state index < -0.39 is 12.6 Å². The number of carbonyl (C=O) groups is 1. The number of amides is 1. The zero-order valence-corrected chi connectivity index (χ0v) is 17.3. The first-order chi connectivity index (χ1) is 14.1. The van der Waals surface area contributed by atoms with Crippen LogP contribution >= 0.6 is 0 Å². The summed E-state index contributed by atoms with van der Waals surface area (Å²) >= 11 is 0. The molecule has 1 amide bonds. The van der Waals surface area contributed by atoms with Gasteiger partial charge in [0.1, 0.15) is 0 Å². The minimum atomic E-state index is -0.573. The van der Waals surface area contributed by atoms with E-state index in [1.165, 1.54) is 19.1 Å². The van der Waals surface area contributed by atoms with Crippen LogP contribution < -0.4 is 0 Å². The van der Waals surface area contributed by atoms with Crippen molar-refractivity contribution in [3.05, 3.63) is 47.7 Å². The van der Waals surface area contributed by atoms with Gasteiger partial charge in [0.15, 0.2) is 12.0 Å². The Bertz CT molecular complexity index is 633. The number of aliphatic hydroxyl groups excluding tert-OH is 1. The second-order valence-corrected chi connectivity index (χ2v) is 6.62. The van der Waals surface area contributed by atoms with E-state index in [0.29, 0.717) is 19.6 Å². The predicted octanol–water partition coefficient (Wildman–Crippen LogP) is 1.50. The third-order valence-corrected chi connectivity index (χ3v) is 4.56. The van der Waals surface area contributed by atoms with E-state index in [0.717, 1.165) is 5.56 Å². The first kappa shape index (κ1) is 23.3. The minimum Gasteiger partial charge on any atom is -0.459 e. The highest BCUT2D eigenvalue weighted by molar-refractivity contribution is 5.91. The van der Waals surface area contributed by atoms with Crippen molar-refractivity contribution in [3.63, 3.8) is 0 Å². The van der Waals surface area contributed by atoms with Gasteiger partial charge in [-0.05, 0) is 11.6 Å². The Morgan fingerprint density at radius 2 is 1.93 bits per heavy atom. The standard InChI is InChI=1S/C21H31NO7/c1-22(15-20(25-2)26-3)21(24)18-13-17(16-7-5-4-6-8-16)14-19(29-18)28-12-11-27-10-9-23/h4-8,13,17,19-20,23H,9-12,14-15H2,1-3H3. The molecule has 0 aliphatic carbocycles. The van der Waals surface area contributed by atoms with Crippen molar-refractivity contribution in [1.29, 1.82) is 0 Å². The van der Waals surface area contributed by atoms with Crippen LogP contribution in [0, 0.1) is 0 Å². The molecule has 0 radical (unpaired) electrons. The average molecular weight is 409 g/mol. The van der Waals surface area contributed by atoms with Gasteiger partial charge >= 0.3 is 0 Å². The van der Waals surface area contributed by atoms with E-state index in [1.807, 2.05) is 36.4 Å². The third-order valence-electron chi connectivity index (χ3n) is 4.56. The lowest BCUT2D eigenvalue weighted by Crippen LogP contribution is -2.39. The first-order valence-electron chi connectivity index (χ1n) is 9.63. The Labute approximate surface area is 171 Å². The largest absolute Gasteiger partial charge is 0.459 e. The van der Waals surface area contributed by atoms with Gasteiger partial charge in [0.2, 0.25) is 6.29 Å². The van der Waals surface area contributed by atoms with Gasteiger partial charge in [-0.3, -0.25) is 4.79 Å². The summed E-state index contributed by atoms with van der Waals surface area (Å²) in [6, 6.07) is 9.92. The molecule has 0 saturated carbocycles. The van der Waals surface area contributed by atoms with Crippen molar-refractivity contribution in [2.45, 2.75) is 24.9 Å². The Morgan fingerprint density at radius 1 is 1.21 bits per heavy atom. The maximum absolute atomic E-state index is 12.9. The van der Waals surface area contributed by atoms with E-state index in [2.05, 4.69) is 0 Å². The van der Waals surface area contributed by atoms with Crippen LogP contribution in [-0.4, -0.2) is 82.7 Å². The summed E-state index contributed by atoms with van der Waals surface area (Å²) in [5, 5.41) is 8.76. The van der Waals surface area contributed by atoms with E-state index in [4.69, 9.17) is 28.8 Å². The predicted molar refractivity (Wildman–Crippen MR) is 106 cm³/mol. The number of hydrogen-bond donors (Lipinski definition) is 1. The Morgan fingerprint density at radius 3 is 2.59 bits per heavy atom. The third kappa shape index (κ3) is 7.41. The highest BCUT2D eigenvalue weighted by atomic mass is 16.7. The number of hydrogen-bond acceptors (Lipinski definition) is 7. The molecule has 1 aliphatic rings. The molecular weight excluding hydrogens is 378 g/mol. The second kappa shape index (κ2) is 12.6. The van der Waals surface area contributed by atoms with Crippen molar-refractivity contribution in [1.82, 2.24) is 4.90 Å². The Balaban J connectivity index is 2.08. The maximum atomic E-state index is 12.9. The fraction of sp³-hybridized carbons (Fsp3) is 0.571. The molecule has 2 rings (SSSR count). The van der Waals surface area contributed by atoms with E-state index in [9.17, 15) is 4.79 Å². The van der Waals surface area contributed by atoms with Crippen molar-refractivity contribution in [2.24, 2.45) is 0 Å². The second-order valence-electron chi connectivity index (χ2n) is 6.62. The first-order valence-corrected chi connectivity index (χ1v) is 9.63. The molecule has 162 valence electrons. The molecule has 8 nitrogen and oxygen atoms in total. The number of likely N-dealkylation sites (N-methyl/N-ethyl adjacent to an activating group) is 1. The van der Waals surface area contributed by atoms with E-state index in [-0.39, 0.29) is 37.3 Å². The highest BCUT2D eigenvalue weighted by Gasteiger charge is 2.30. The number of allylic oxidation sites excluding steroid dienone is 1. The minimum absolute atomic E-state index is 0.0127. The average Bonchev–Trinajstić information content (AvgIpc) is 2.77. The quantitative estimate of drug-likeness (QED) is 0.414. The van der Waals surface area contributed by atoms with Crippen LogP contribution in [0.2, 0.25) is 0 Å². The fourth-order valence-electron chi connectivity index (χ4n) is 2.99. The smallest absolute Gasteiger partial charge is 0.288 e. The lowest BCUT2D eigenvalue weighted by molar-refractivity contribution is -0.161. The number of ether oxygens (including phenoxy) is 5. The lowest BCUT2D eigenvalue weighted by Gasteiger charge is -2.31. The normalized spacial score (nSPS) is 19.0. The molecule has 1 aliphatic heterocycles. The fourth-order valence-corrected chi connectivity index (χ4v) is 2.99. The summed E-state index contributed by atoms with van der Waals surface area (Å²) in [6.07, 6.45) is 1.33. The molecule has 2 unspecified atom stereocenters. The number of rotatable bonds is 12. The topological polar surface area (TPSA) is 86.7 Å². The van der Waals surface area contributed by atoms with Gasteiger partial charge < -0.3 is 33.7 Å². The SMILES string of the molecule is COC(CN(C)C(=O)C1=CC(c2ccccc2)CC(OCCOCCO)O1)OC. The van der Waals surface area contributed by atoms with Gasteiger partial charge in [0.25, 0.3) is 5.91 Å². The molecule has 0 aromatic heterocycles. The number of carbonyl (C=O) groups excluding carboxylic acids is 1. The van der Waals surface area contributed by atoms with E-state index >= 15 is 0 Å². The van der Waals surface area contributed by atoms with Gasteiger partial charge in [0, 0.05) is 33.6 Å². The lowest BCUT2D eigenvalue weighted by atomic mass is 9.93. The Kier molecular flexibility index (Phi) is 10.1. The number of methoxy groups -OCH3 is 2. The zero-order valence-electron chi connectivity index (χ0n) is 17.3. The Hall–Kier alpha value is -1.97. The van der Waals surface area contributed by atoms with Gasteiger partial charge in [0.05, 0.1) is 33.0 Å². The molecule has 0 spiro atoms. The zero-order chi connectivity index (χ0) is 21.1. The maximum Gasteiger partial charge on any atom is 0.288 e. The van der Waals surface area contributed by atoms with Crippen LogP contribution in [-0.2, 0) is 28.5 Å². The molecular formula is C21H31NO7. The summed E-state index contributed by atoms with van der Waals surface area (Å²) in [5.74, 6) is -0.0454. The van der Waals surface area contributed by atoms with Gasteiger partial charge in [-0.2, -0.15) is 0 Å². The molecule has 29 heavy (non-hydrogen) atoms. The van der Waals surface area contributed by atoms with Gasteiger partial charge in [-0.15, -0.1) is 0 Å². The number of benzene rings is 1. The van der Waals surface area contributed by atoms with Gasteiger partial charge in [-0.25, -0.2) is 0 Å². The van der Waals surface area contributed by atoms with Crippen LogP contribution in [0.4, 0.5) is 0 Å². The van der Waals surface area contributed by atoms with Crippen LogP contribution in [0.15, 0.2) is 42.2 Å². The van der Waals surface area contributed by atoms with Crippen molar-refractivity contribution >= 4 is 5.91 Å². The number of aliphatic hydroxyl groups is 1.